The zero-order valence-corrected chi connectivity index (χ0v) is 23.4. The molecule has 5 rings (SSSR count). The minimum atomic E-state index is -2.39. The molecule has 0 aromatic heterocycles. The number of halogens is 1. The van der Waals surface area contributed by atoms with Gasteiger partial charge in [-0.2, -0.15) is 0 Å². The molecule has 7 nitrogen and oxygen atoms in total. The summed E-state index contributed by atoms with van der Waals surface area (Å²) in [4.78, 5) is 29.5. The maximum Gasteiger partial charge on any atom is 0.341 e. The van der Waals surface area contributed by atoms with Gasteiger partial charge in [0.05, 0.1) is 18.2 Å². The summed E-state index contributed by atoms with van der Waals surface area (Å²) in [5, 5.41) is 22.6. The van der Waals surface area contributed by atoms with Crippen LogP contribution in [0.2, 0.25) is 5.02 Å². The number of aryl methyl sites for hydroxylation is 1. The number of allylic oxidation sites excluding steroid dienone is 1. The number of hydrogen-bond acceptors (Lipinski definition) is 5. The van der Waals surface area contributed by atoms with E-state index in [2.05, 4.69) is 23.1 Å². The molecule has 0 saturated heterocycles. The van der Waals surface area contributed by atoms with E-state index in [4.69, 9.17) is 16.3 Å². The van der Waals surface area contributed by atoms with Gasteiger partial charge in [0.25, 0.3) is 0 Å². The molecule has 8 heteroatoms. The molecule has 2 aromatic rings. The van der Waals surface area contributed by atoms with Gasteiger partial charge in [-0.3, -0.25) is 4.79 Å². The van der Waals surface area contributed by atoms with Crippen LogP contribution in [0.5, 0.6) is 5.75 Å². The van der Waals surface area contributed by atoms with Gasteiger partial charge in [0.2, 0.25) is 5.91 Å². The molecule has 208 valence electrons. The van der Waals surface area contributed by atoms with Crippen LogP contribution in [0.15, 0.2) is 48.6 Å². The van der Waals surface area contributed by atoms with Crippen LogP contribution < -0.4 is 9.64 Å². The first-order valence-corrected chi connectivity index (χ1v) is 14.2. The van der Waals surface area contributed by atoms with Crippen LogP contribution in [0.3, 0.4) is 0 Å². The van der Waals surface area contributed by atoms with Crippen molar-refractivity contribution in [2.45, 2.75) is 56.5 Å². The number of fused-ring (bicyclic) bond motifs is 3. The molecule has 3 aliphatic rings. The maximum atomic E-state index is 13.2. The van der Waals surface area contributed by atoms with Crippen molar-refractivity contribution in [3.63, 3.8) is 0 Å². The Morgan fingerprint density at radius 2 is 1.95 bits per heavy atom. The molecule has 1 aliphatic carbocycles. The molecular formula is C31H37ClN2O5. The number of amides is 1. The Bertz CT molecular complexity index is 1300. The molecule has 1 amide bonds. The second-order valence-electron chi connectivity index (χ2n) is 11.3. The summed E-state index contributed by atoms with van der Waals surface area (Å²) in [5.74, 6) is -2.42. The minimum Gasteiger partial charge on any atom is -0.490 e. The zero-order valence-electron chi connectivity index (χ0n) is 22.7. The third-order valence-electron chi connectivity index (χ3n) is 8.77. The molecule has 2 aromatic carbocycles. The largest absolute Gasteiger partial charge is 0.490 e. The van der Waals surface area contributed by atoms with Crippen molar-refractivity contribution >= 4 is 29.2 Å². The summed E-state index contributed by atoms with van der Waals surface area (Å²) >= 11 is 6.35. The number of aliphatic hydroxyl groups is 1. The summed E-state index contributed by atoms with van der Waals surface area (Å²) in [6.45, 7) is 3.80. The predicted molar refractivity (Wildman–Crippen MR) is 152 cm³/mol. The lowest BCUT2D eigenvalue weighted by Gasteiger charge is -2.41. The smallest absolute Gasteiger partial charge is 0.341 e. The fraction of sp³-hybridized carbons (Fsp3) is 0.484. The normalized spacial score (nSPS) is 28.5. The fourth-order valence-corrected chi connectivity index (χ4v) is 6.66. The van der Waals surface area contributed by atoms with E-state index < -0.39 is 23.4 Å². The first kappa shape index (κ1) is 27.5. The summed E-state index contributed by atoms with van der Waals surface area (Å²) in [7, 11) is 1.63. The van der Waals surface area contributed by atoms with E-state index >= 15 is 0 Å². The quantitative estimate of drug-likeness (QED) is 0.488. The van der Waals surface area contributed by atoms with Crippen LogP contribution in [0.25, 0.3) is 0 Å². The lowest BCUT2D eigenvalue weighted by molar-refractivity contribution is -0.172. The van der Waals surface area contributed by atoms with Gasteiger partial charge in [0.15, 0.2) is 5.60 Å². The maximum absolute atomic E-state index is 13.2. The number of carboxylic acids is 1. The number of carbonyl (C=O) groups is 2. The van der Waals surface area contributed by atoms with E-state index in [-0.39, 0.29) is 11.0 Å². The number of rotatable bonds is 1. The Morgan fingerprint density at radius 1 is 1.13 bits per heavy atom. The molecule has 2 heterocycles. The number of hydrogen-bond donors (Lipinski definition) is 2. The molecule has 3 atom stereocenters. The first-order valence-electron chi connectivity index (χ1n) is 13.8. The molecule has 2 aliphatic heterocycles. The van der Waals surface area contributed by atoms with Gasteiger partial charge in [0, 0.05) is 37.1 Å². The highest BCUT2D eigenvalue weighted by Gasteiger charge is 2.49. The monoisotopic (exact) mass is 552 g/mol. The van der Waals surface area contributed by atoms with Gasteiger partial charge >= 0.3 is 5.97 Å². The average Bonchev–Trinajstić information content (AvgIpc) is 3.07. The van der Waals surface area contributed by atoms with E-state index in [9.17, 15) is 19.8 Å². The molecule has 2 bridgehead atoms. The van der Waals surface area contributed by atoms with Crippen molar-refractivity contribution in [1.82, 2.24) is 4.90 Å². The Hall–Kier alpha value is -3.03. The van der Waals surface area contributed by atoms with Gasteiger partial charge in [-0.15, -0.1) is 0 Å². The van der Waals surface area contributed by atoms with Gasteiger partial charge in [-0.05, 0) is 86.4 Å². The Balaban J connectivity index is 1.61. The second-order valence-corrected chi connectivity index (χ2v) is 11.7. The van der Waals surface area contributed by atoms with Crippen molar-refractivity contribution < 1.29 is 24.5 Å². The number of benzene rings is 2. The number of anilines is 1. The van der Waals surface area contributed by atoms with Gasteiger partial charge in [0.1, 0.15) is 5.75 Å². The lowest BCUT2D eigenvalue weighted by Crippen LogP contribution is -2.49. The van der Waals surface area contributed by atoms with Gasteiger partial charge in [-0.25, -0.2) is 4.79 Å². The number of aliphatic carboxylic acids is 1. The van der Waals surface area contributed by atoms with E-state index in [0.717, 1.165) is 55.8 Å². The molecule has 1 spiro atoms. The highest BCUT2D eigenvalue weighted by Crippen LogP contribution is 2.46. The van der Waals surface area contributed by atoms with E-state index in [1.165, 1.54) is 23.0 Å². The van der Waals surface area contributed by atoms with Crippen LogP contribution in [0, 0.1) is 5.92 Å². The van der Waals surface area contributed by atoms with E-state index in [1.54, 1.807) is 25.2 Å². The number of carboxylic acid groups (broad SMARTS) is 1. The van der Waals surface area contributed by atoms with E-state index in [0.29, 0.717) is 25.4 Å². The summed E-state index contributed by atoms with van der Waals surface area (Å²) in [6.07, 6.45) is 9.79. The van der Waals surface area contributed by atoms with Crippen LogP contribution in [0.1, 0.15) is 55.7 Å². The third kappa shape index (κ3) is 5.03. The number of likely N-dealkylation sites (N-methyl/N-ethyl adjacent to an activating group) is 1. The number of carbonyl (C=O) groups excluding carboxylic acids is 1. The van der Waals surface area contributed by atoms with Crippen molar-refractivity contribution in [3.05, 3.63) is 70.3 Å². The molecule has 0 radical (unpaired) electrons. The van der Waals surface area contributed by atoms with Crippen LogP contribution >= 0.6 is 11.6 Å². The first-order chi connectivity index (χ1) is 18.7. The molecule has 39 heavy (non-hydrogen) atoms. The minimum absolute atomic E-state index is 0.175. The van der Waals surface area contributed by atoms with Crippen LogP contribution in [-0.4, -0.2) is 60.3 Å². The topological polar surface area (TPSA) is 90.3 Å². The SMILES string of the molecule is C[C@H]1C(=O)N(C)C/C=C\CCCCN2C[C@@]3(CCCc4cc(Cl)ccc43)COc3ccc(cc32)[C@]1(O)C(=O)O. The van der Waals surface area contributed by atoms with Crippen molar-refractivity contribution in [1.29, 1.82) is 0 Å². The Kier molecular flexibility index (Phi) is 7.66. The highest BCUT2D eigenvalue weighted by molar-refractivity contribution is 6.30. The summed E-state index contributed by atoms with van der Waals surface area (Å²) in [5.41, 5.74) is 0.805. The highest BCUT2D eigenvalue weighted by atomic mass is 35.5. The number of nitrogens with zero attached hydrogens (tertiary/aromatic N) is 2. The molecule has 2 N–H and O–H groups in total. The molecule has 0 unspecified atom stereocenters. The van der Waals surface area contributed by atoms with Crippen molar-refractivity contribution in [2.75, 3.05) is 38.2 Å². The number of ether oxygens (including phenoxy) is 1. The van der Waals surface area contributed by atoms with E-state index in [1.807, 2.05) is 12.1 Å². The Labute approximate surface area is 235 Å². The van der Waals surface area contributed by atoms with Crippen LogP contribution in [0.4, 0.5) is 5.69 Å². The van der Waals surface area contributed by atoms with Crippen molar-refractivity contribution in [2.24, 2.45) is 5.92 Å². The molecule has 0 saturated carbocycles. The second kappa shape index (κ2) is 10.9. The molecular weight excluding hydrogens is 516 g/mol. The average molecular weight is 553 g/mol. The lowest BCUT2D eigenvalue weighted by atomic mass is 9.70. The fourth-order valence-electron chi connectivity index (χ4n) is 6.46. The molecule has 0 fully saturated rings. The Morgan fingerprint density at radius 3 is 2.74 bits per heavy atom. The van der Waals surface area contributed by atoms with Crippen molar-refractivity contribution in [3.8, 4) is 5.75 Å². The predicted octanol–water partition coefficient (Wildman–Crippen LogP) is 4.92. The van der Waals surface area contributed by atoms with Gasteiger partial charge < -0.3 is 24.7 Å². The zero-order chi connectivity index (χ0) is 27.8. The third-order valence-corrected chi connectivity index (χ3v) is 9.01. The van der Waals surface area contributed by atoms with Crippen LogP contribution in [-0.2, 0) is 27.0 Å². The standard InChI is InChI=1S/C31H37ClN2O5/c1-21-28(35)33(2)15-6-4-3-5-7-16-34-19-30(14-8-9-22-17-24(32)11-12-25(22)30)20-39-27-13-10-23(18-26(27)34)31(21,38)29(36)37/h4,6,10-13,17-18,21,38H,3,5,7-9,14-16,19-20H2,1-2H3,(H,36,37)/b6-4-/t21-,30-,31-/m0/s1. The summed E-state index contributed by atoms with van der Waals surface area (Å²) in [6, 6.07) is 11.2. The summed E-state index contributed by atoms with van der Waals surface area (Å²) < 4.78 is 6.48. The van der Waals surface area contributed by atoms with Gasteiger partial charge in [-0.1, -0.05) is 35.9 Å².